The number of rotatable bonds is 9. The highest BCUT2D eigenvalue weighted by molar-refractivity contribution is 5.75. The van der Waals surface area contributed by atoms with Crippen LogP contribution in [0.2, 0.25) is 0 Å². The second kappa shape index (κ2) is 9.67. The monoisotopic (exact) mass is 367 g/mol. The average Bonchev–Trinajstić information content (AvgIpc) is 2.69. The van der Waals surface area contributed by atoms with Gasteiger partial charge < -0.3 is 20.0 Å². The third-order valence-corrected chi connectivity index (χ3v) is 5.10. The van der Waals surface area contributed by atoms with Crippen LogP contribution in [0.15, 0.2) is 48.5 Å². The van der Waals surface area contributed by atoms with Crippen LogP contribution in [-0.4, -0.2) is 30.1 Å². The first kappa shape index (κ1) is 19.6. The molecule has 1 aliphatic carbocycles. The zero-order valence-electron chi connectivity index (χ0n) is 16.0. The first-order chi connectivity index (χ1) is 13.1. The molecule has 0 bridgehead atoms. The van der Waals surface area contributed by atoms with E-state index in [2.05, 4.69) is 29.6 Å². The van der Waals surface area contributed by atoms with Gasteiger partial charge in [-0.1, -0.05) is 36.4 Å². The van der Waals surface area contributed by atoms with Crippen molar-refractivity contribution in [3.05, 3.63) is 65.2 Å². The molecule has 0 aliphatic heterocycles. The van der Waals surface area contributed by atoms with E-state index in [9.17, 15) is 9.90 Å². The number of aliphatic hydroxyl groups excluding tert-OH is 1. The third-order valence-electron chi connectivity index (χ3n) is 5.10. The summed E-state index contributed by atoms with van der Waals surface area (Å²) in [5.74, 6) is 0.940. The van der Waals surface area contributed by atoms with Crippen LogP contribution in [0.4, 0.5) is 0 Å². The molecule has 2 atom stereocenters. The summed E-state index contributed by atoms with van der Waals surface area (Å²) in [7, 11) is 0. The molecule has 3 rings (SSSR count). The lowest BCUT2D eigenvalue weighted by Gasteiger charge is -2.27. The molecule has 0 aromatic heterocycles. The number of aliphatic hydroxyl groups is 1. The van der Waals surface area contributed by atoms with Gasteiger partial charge in [-0.3, -0.25) is 0 Å². The Balaban J connectivity index is 1.42. The molecule has 1 aliphatic rings. The highest BCUT2D eigenvalue weighted by Crippen LogP contribution is 2.29. The molecule has 4 nitrogen and oxygen atoms in total. The lowest BCUT2D eigenvalue weighted by Crippen LogP contribution is -2.35. The molecule has 0 amide bonds. The predicted octanol–water partition coefficient (Wildman–Crippen LogP) is 3.62. The zero-order valence-corrected chi connectivity index (χ0v) is 16.0. The maximum absolute atomic E-state index is 11.0. The number of ketones is 1. The van der Waals surface area contributed by atoms with Gasteiger partial charge in [0.2, 0.25) is 0 Å². The quantitative estimate of drug-likeness (QED) is 0.711. The SMILES string of the molecule is CC(=O)CCc1ccc(OC[C@@H](O)CN[C@@H]2CCCc3ccccc32)cc1. The smallest absolute Gasteiger partial charge is 0.130 e. The van der Waals surface area contributed by atoms with E-state index < -0.39 is 6.10 Å². The van der Waals surface area contributed by atoms with Crippen LogP contribution in [-0.2, 0) is 17.6 Å². The van der Waals surface area contributed by atoms with E-state index >= 15 is 0 Å². The molecular formula is C23H29NO3. The average molecular weight is 367 g/mol. The van der Waals surface area contributed by atoms with Gasteiger partial charge in [0.25, 0.3) is 0 Å². The summed E-state index contributed by atoms with van der Waals surface area (Å²) < 4.78 is 5.70. The van der Waals surface area contributed by atoms with E-state index in [4.69, 9.17) is 4.74 Å². The van der Waals surface area contributed by atoms with Crippen LogP contribution < -0.4 is 10.1 Å². The largest absolute Gasteiger partial charge is 0.491 e. The van der Waals surface area contributed by atoms with E-state index in [1.807, 2.05) is 24.3 Å². The second-order valence-corrected chi connectivity index (χ2v) is 7.36. The normalized spacial score (nSPS) is 17.2. The van der Waals surface area contributed by atoms with Crippen molar-refractivity contribution in [2.45, 2.75) is 51.2 Å². The van der Waals surface area contributed by atoms with Crippen LogP contribution in [0.5, 0.6) is 5.75 Å². The summed E-state index contributed by atoms with van der Waals surface area (Å²) in [5.41, 5.74) is 3.89. The van der Waals surface area contributed by atoms with Gasteiger partial charge in [-0.05, 0) is 61.4 Å². The Morgan fingerprint density at radius 2 is 2.00 bits per heavy atom. The van der Waals surface area contributed by atoms with Gasteiger partial charge in [-0.25, -0.2) is 0 Å². The maximum Gasteiger partial charge on any atom is 0.130 e. The lowest BCUT2D eigenvalue weighted by atomic mass is 9.88. The Morgan fingerprint density at radius 1 is 1.22 bits per heavy atom. The topological polar surface area (TPSA) is 58.6 Å². The van der Waals surface area contributed by atoms with Crippen molar-refractivity contribution < 1.29 is 14.6 Å². The molecule has 0 saturated heterocycles. The number of Topliss-reactive ketones (excluding diaryl/α,β-unsaturated/α-hetero) is 1. The number of hydrogen-bond donors (Lipinski definition) is 2. The summed E-state index contributed by atoms with van der Waals surface area (Å²) in [6.45, 7) is 2.38. The summed E-state index contributed by atoms with van der Waals surface area (Å²) in [6, 6.07) is 16.6. The molecule has 144 valence electrons. The number of nitrogens with one attached hydrogen (secondary N) is 1. The molecule has 2 aromatic carbocycles. The number of fused-ring (bicyclic) bond motifs is 1. The summed E-state index contributed by atoms with van der Waals surface area (Å²) >= 11 is 0. The van der Waals surface area contributed by atoms with E-state index in [1.54, 1.807) is 6.92 Å². The van der Waals surface area contributed by atoms with Crippen LogP contribution in [0.3, 0.4) is 0 Å². The molecule has 0 unspecified atom stereocenters. The van der Waals surface area contributed by atoms with Crippen LogP contribution in [0.1, 0.15) is 48.9 Å². The van der Waals surface area contributed by atoms with E-state index in [1.165, 1.54) is 17.5 Å². The van der Waals surface area contributed by atoms with E-state index in [0.717, 1.165) is 30.6 Å². The Bertz CT molecular complexity index is 742. The number of benzene rings is 2. The summed E-state index contributed by atoms with van der Waals surface area (Å²) in [4.78, 5) is 11.0. The van der Waals surface area contributed by atoms with Gasteiger partial charge in [0.1, 0.15) is 24.2 Å². The fourth-order valence-corrected chi connectivity index (χ4v) is 3.57. The van der Waals surface area contributed by atoms with Gasteiger partial charge in [-0.2, -0.15) is 0 Å². The fraction of sp³-hybridized carbons (Fsp3) is 0.435. The van der Waals surface area contributed by atoms with Crippen LogP contribution in [0, 0.1) is 0 Å². The van der Waals surface area contributed by atoms with Crippen molar-refractivity contribution in [1.82, 2.24) is 5.32 Å². The van der Waals surface area contributed by atoms with Crippen molar-refractivity contribution in [3.8, 4) is 5.75 Å². The maximum atomic E-state index is 11.0. The third kappa shape index (κ3) is 5.91. The van der Waals surface area contributed by atoms with E-state index in [-0.39, 0.29) is 12.4 Å². The minimum atomic E-state index is -0.559. The summed E-state index contributed by atoms with van der Waals surface area (Å²) in [6.07, 6.45) is 4.18. The predicted molar refractivity (Wildman–Crippen MR) is 107 cm³/mol. The molecule has 0 heterocycles. The first-order valence-corrected chi connectivity index (χ1v) is 9.82. The van der Waals surface area contributed by atoms with Crippen molar-refractivity contribution in [2.75, 3.05) is 13.2 Å². The minimum Gasteiger partial charge on any atom is -0.491 e. The Labute approximate surface area is 161 Å². The number of ether oxygens (including phenoxy) is 1. The Morgan fingerprint density at radius 3 is 2.78 bits per heavy atom. The van der Waals surface area contributed by atoms with Crippen molar-refractivity contribution in [1.29, 1.82) is 0 Å². The van der Waals surface area contributed by atoms with Crippen LogP contribution >= 0.6 is 0 Å². The van der Waals surface area contributed by atoms with Crippen LogP contribution in [0.25, 0.3) is 0 Å². The minimum absolute atomic E-state index is 0.200. The fourth-order valence-electron chi connectivity index (χ4n) is 3.57. The number of carbonyl (C=O) groups is 1. The molecule has 0 fully saturated rings. The number of carbonyl (C=O) groups excluding carboxylic acids is 1. The molecule has 0 radical (unpaired) electrons. The Hall–Kier alpha value is -2.17. The lowest BCUT2D eigenvalue weighted by molar-refractivity contribution is -0.116. The first-order valence-electron chi connectivity index (χ1n) is 9.82. The standard InChI is InChI=1S/C23H29NO3/c1-17(25)9-10-18-11-13-21(14-12-18)27-16-20(26)15-24-23-8-4-6-19-5-2-3-7-22(19)23/h2-3,5,7,11-14,20,23-24,26H,4,6,8-10,15-16H2,1H3/t20-,23+/m0/s1. The second-order valence-electron chi connectivity index (χ2n) is 7.36. The summed E-state index contributed by atoms with van der Waals surface area (Å²) in [5, 5.41) is 13.8. The highest BCUT2D eigenvalue weighted by atomic mass is 16.5. The van der Waals surface area contributed by atoms with Gasteiger partial charge in [-0.15, -0.1) is 0 Å². The number of hydrogen-bond acceptors (Lipinski definition) is 4. The number of aryl methyl sites for hydroxylation is 2. The van der Waals surface area contributed by atoms with Crippen molar-refractivity contribution >= 4 is 5.78 Å². The van der Waals surface area contributed by atoms with Gasteiger partial charge in [0, 0.05) is 19.0 Å². The Kier molecular flexibility index (Phi) is 7.02. The van der Waals surface area contributed by atoms with Crippen molar-refractivity contribution in [2.24, 2.45) is 0 Å². The molecule has 0 saturated carbocycles. The van der Waals surface area contributed by atoms with Gasteiger partial charge >= 0.3 is 0 Å². The molecule has 2 aromatic rings. The molecule has 2 N–H and O–H groups in total. The highest BCUT2D eigenvalue weighted by Gasteiger charge is 2.20. The molecule has 0 spiro atoms. The van der Waals surface area contributed by atoms with Crippen molar-refractivity contribution in [3.63, 3.8) is 0 Å². The molecule has 4 heteroatoms. The zero-order chi connectivity index (χ0) is 19.1. The molecular weight excluding hydrogens is 338 g/mol. The molecule has 27 heavy (non-hydrogen) atoms. The van der Waals surface area contributed by atoms with Gasteiger partial charge in [0.15, 0.2) is 0 Å². The van der Waals surface area contributed by atoms with Gasteiger partial charge in [0.05, 0.1) is 0 Å². The van der Waals surface area contributed by atoms with E-state index in [0.29, 0.717) is 19.0 Å².